The molecule has 0 aliphatic rings. The predicted molar refractivity (Wildman–Crippen MR) is 53.4 cm³/mol. The van der Waals surface area contributed by atoms with Gasteiger partial charge in [0, 0.05) is 13.0 Å². The zero-order chi connectivity index (χ0) is 11.0. The average Bonchev–Trinajstić information content (AvgIpc) is 2.21. The quantitative estimate of drug-likeness (QED) is 0.546. The van der Waals surface area contributed by atoms with Crippen molar-refractivity contribution in [2.24, 2.45) is 0 Å². The van der Waals surface area contributed by atoms with Crippen LogP contribution in [-0.4, -0.2) is 59.0 Å². The fraction of sp³-hybridized carbons (Fsp3) is 0.889. The summed E-state index contributed by atoms with van der Waals surface area (Å²) in [5.41, 5.74) is 0. The molecule has 5 heteroatoms. The molecule has 0 bridgehead atoms. The van der Waals surface area contributed by atoms with Crippen LogP contribution in [-0.2, 0) is 4.79 Å². The molecule has 0 aliphatic carbocycles. The van der Waals surface area contributed by atoms with E-state index in [1.165, 1.54) is 0 Å². The van der Waals surface area contributed by atoms with Gasteiger partial charge in [0.25, 0.3) is 0 Å². The van der Waals surface area contributed by atoms with Crippen LogP contribution in [0.4, 0.5) is 0 Å². The highest BCUT2D eigenvalue weighted by Crippen LogP contribution is 1.95. The largest absolute Gasteiger partial charge is 0.376 e. The number of hydrogen-bond donors (Lipinski definition) is 2. The van der Waals surface area contributed by atoms with Gasteiger partial charge in [-0.05, 0) is 13.1 Å². The maximum Gasteiger partial charge on any atom is 0.227 e. The van der Waals surface area contributed by atoms with Crippen molar-refractivity contribution in [2.45, 2.75) is 20.3 Å². The molecule has 1 amide bonds. The topological polar surface area (TPSA) is 64.0 Å². The van der Waals surface area contributed by atoms with Crippen LogP contribution in [0.1, 0.15) is 20.3 Å². The second kappa shape index (κ2) is 7.73. The zero-order valence-electron chi connectivity index (χ0n) is 8.94. The highest BCUT2D eigenvalue weighted by atomic mass is 16.3. The average molecular weight is 204 g/mol. The predicted octanol–water partition coefficient (Wildman–Crippen LogP) is -0.553. The Hall–Kier alpha value is -0.650. The molecule has 0 rings (SSSR count). The summed E-state index contributed by atoms with van der Waals surface area (Å²) in [6.45, 7) is 5.70. The monoisotopic (exact) mass is 204 g/mol. The van der Waals surface area contributed by atoms with Gasteiger partial charge in [-0.25, -0.2) is 0 Å². The van der Waals surface area contributed by atoms with Crippen molar-refractivity contribution in [1.29, 1.82) is 0 Å². The van der Waals surface area contributed by atoms with Gasteiger partial charge in [0.15, 0.2) is 0 Å². The molecule has 0 unspecified atom stereocenters. The molecule has 0 aliphatic heterocycles. The summed E-state index contributed by atoms with van der Waals surface area (Å²) in [5, 5.41) is 17.4. The number of carbonyl (C=O) groups is 1. The summed E-state index contributed by atoms with van der Waals surface area (Å²) in [5.74, 6) is -0.220. The van der Waals surface area contributed by atoms with Crippen molar-refractivity contribution < 1.29 is 15.0 Å². The minimum Gasteiger partial charge on any atom is -0.376 e. The van der Waals surface area contributed by atoms with Crippen molar-refractivity contribution in [3.63, 3.8) is 0 Å². The van der Waals surface area contributed by atoms with E-state index < -0.39 is 13.5 Å². The van der Waals surface area contributed by atoms with E-state index in [0.717, 1.165) is 18.0 Å². The summed E-state index contributed by atoms with van der Waals surface area (Å²) in [6.07, 6.45) is 0.336. The van der Waals surface area contributed by atoms with Gasteiger partial charge >= 0.3 is 0 Å². The Kier molecular flexibility index (Phi) is 7.37. The maximum absolute atomic E-state index is 11.3. The van der Waals surface area contributed by atoms with E-state index in [1.54, 1.807) is 0 Å². The van der Waals surface area contributed by atoms with Crippen LogP contribution < -0.4 is 0 Å². The number of carbonyl (C=O) groups excluding carboxylic acids is 1. The van der Waals surface area contributed by atoms with Crippen LogP contribution in [0.25, 0.3) is 0 Å². The first-order chi connectivity index (χ1) is 6.69. The lowest BCUT2D eigenvalue weighted by atomic mass is 10.3. The normalized spacial score (nSPS) is 10.6. The summed E-state index contributed by atoms with van der Waals surface area (Å²) in [7, 11) is 0. The van der Waals surface area contributed by atoms with E-state index in [4.69, 9.17) is 10.2 Å². The number of aliphatic hydroxyl groups excluding tert-OH is 2. The molecule has 2 N–H and O–H groups in total. The van der Waals surface area contributed by atoms with Gasteiger partial charge in [0.05, 0.1) is 0 Å². The minimum absolute atomic E-state index is 0.220. The third-order valence-electron chi connectivity index (χ3n) is 2.23. The summed E-state index contributed by atoms with van der Waals surface area (Å²) < 4.78 is 0. The van der Waals surface area contributed by atoms with Gasteiger partial charge in [-0.15, -0.1) is 0 Å². The Bertz CT molecular complexity index is 156. The maximum atomic E-state index is 11.3. The number of aliphatic hydroxyl groups is 2. The van der Waals surface area contributed by atoms with Crippen LogP contribution >= 0.6 is 0 Å². The molecule has 0 aromatic carbocycles. The lowest BCUT2D eigenvalue weighted by Gasteiger charge is -2.20. The van der Waals surface area contributed by atoms with Gasteiger partial charge in [-0.2, -0.15) is 0 Å². The first-order valence-corrected chi connectivity index (χ1v) is 4.91. The van der Waals surface area contributed by atoms with E-state index in [2.05, 4.69) is 4.90 Å². The van der Waals surface area contributed by atoms with Crippen molar-refractivity contribution in [1.82, 2.24) is 9.80 Å². The molecule has 0 aromatic rings. The third-order valence-corrected chi connectivity index (χ3v) is 2.23. The summed E-state index contributed by atoms with van der Waals surface area (Å²) in [6, 6.07) is 0. The standard InChI is InChI=1S/C9H20N2O3/c1-3-10(4-2)6-5-9(14)11(7-12)8-13/h12-13H,3-8H2,1-2H3. The lowest BCUT2D eigenvalue weighted by Crippen LogP contribution is -2.35. The molecule has 0 saturated carbocycles. The Morgan fingerprint density at radius 1 is 1.14 bits per heavy atom. The van der Waals surface area contributed by atoms with Gasteiger partial charge in [0.1, 0.15) is 13.5 Å². The van der Waals surface area contributed by atoms with Gasteiger partial charge in [-0.1, -0.05) is 13.8 Å². The number of rotatable bonds is 7. The molecular weight excluding hydrogens is 184 g/mol. The highest BCUT2D eigenvalue weighted by Gasteiger charge is 2.11. The van der Waals surface area contributed by atoms with Crippen LogP contribution in [0.3, 0.4) is 0 Å². The zero-order valence-corrected chi connectivity index (χ0v) is 8.94. The molecule has 0 fully saturated rings. The molecule has 0 aromatic heterocycles. The molecule has 0 heterocycles. The Balaban J connectivity index is 3.81. The van der Waals surface area contributed by atoms with Crippen LogP contribution in [0.15, 0.2) is 0 Å². The van der Waals surface area contributed by atoms with Crippen LogP contribution in [0.2, 0.25) is 0 Å². The third kappa shape index (κ3) is 4.55. The summed E-state index contributed by atoms with van der Waals surface area (Å²) >= 11 is 0. The van der Waals surface area contributed by atoms with Crippen molar-refractivity contribution in [3.05, 3.63) is 0 Å². The fourth-order valence-electron chi connectivity index (χ4n) is 1.15. The first-order valence-electron chi connectivity index (χ1n) is 4.91. The molecular formula is C9H20N2O3. The van der Waals surface area contributed by atoms with Crippen molar-refractivity contribution >= 4 is 5.91 Å². The Labute approximate surface area is 84.9 Å². The molecule has 0 atom stereocenters. The van der Waals surface area contributed by atoms with Gasteiger partial charge < -0.3 is 15.1 Å². The molecule has 0 radical (unpaired) electrons. The molecule has 14 heavy (non-hydrogen) atoms. The second-order valence-electron chi connectivity index (χ2n) is 2.99. The number of nitrogens with zero attached hydrogens (tertiary/aromatic N) is 2. The number of hydrogen-bond acceptors (Lipinski definition) is 4. The van der Waals surface area contributed by atoms with Gasteiger partial charge in [0.2, 0.25) is 5.91 Å². The van der Waals surface area contributed by atoms with E-state index in [1.807, 2.05) is 13.8 Å². The smallest absolute Gasteiger partial charge is 0.227 e. The SMILES string of the molecule is CCN(CC)CCC(=O)N(CO)CO. The molecule has 0 spiro atoms. The van der Waals surface area contributed by atoms with Crippen LogP contribution in [0.5, 0.6) is 0 Å². The Morgan fingerprint density at radius 3 is 2.00 bits per heavy atom. The Morgan fingerprint density at radius 2 is 1.64 bits per heavy atom. The molecule has 84 valence electrons. The van der Waals surface area contributed by atoms with E-state index in [9.17, 15) is 4.79 Å². The van der Waals surface area contributed by atoms with Gasteiger partial charge in [-0.3, -0.25) is 9.69 Å². The summed E-state index contributed by atoms with van der Waals surface area (Å²) in [4.78, 5) is 14.4. The molecule has 0 saturated heterocycles. The van der Waals surface area contributed by atoms with E-state index >= 15 is 0 Å². The fourth-order valence-corrected chi connectivity index (χ4v) is 1.15. The van der Waals surface area contributed by atoms with E-state index in [0.29, 0.717) is 13.0 Å². The first kappa shape index (κ1) is 13.4. The minimum atomic E-state index is -0.423. The van der Waals surface area contributed by atoms with Crippen molar-refractivity contribution in [3.8, 4) is 0 Å². The second-order valence-corrected chi connectivity index (χ2v) is 2.99. The van der Waals surface area contributed by atoms with E-state index in [-0.39, 0.29) is 5.91 Å². The van der Waals surface area contributed by atoms with Crippen molar-refractivity contribution in [2.75, 3.05) is 33.1 Å². The highest BCUT2D eigenvalue weighted by molar-refractivity contribution is 5.76. The van der Waals surface area contributed by atoms with Crippen LogP contribution in [0, 0.1) is 0 Å². The molecule has 5 nitrogen and oxygen atoms in total. The lowest BCUT2D eigenvalue weighted by molar-refractivity contribution is -0.139. The number of amides is 1.